The number of hydrogen-bond donors (Lipinski definition) is 3. The second kappa shape index (κ2) is 9.50. The molecule has 34 heavy (non-hydrogen) atoms. The second-order valence-electron chi connectivity index (χ2n) is 7.47. The van der Waals surface area contributed by atoms with Gasteiger partial charge < -0.3 is 21.1 Å². The molecule has 180 valence electrons. The largest absolute Gasteiger partial charge is 0.478 e. The summed E-state index contributed by atoms with van der Waals surface area (Å²) in [4.78, 5) is 16.5. The van der Waals surface area contributed by atoms with E-state index in [9.17, 15) is 26.7 Å². The predicted molar refractivity (Wildman–Crippen MR) is 116 cm³/mol. The first kappa shape index (κ1) is 23.8. The number of piperidine rings is 1. The monoisotopic (exact) mass is 499 g/mol. The molecule has 3 heterocycles. The lowest BCUT2D eigenvalue weighted by molar-refractivity contribution is -0.137. The number of carbonyl (C=O) groups is 1. The van der Waals surface area contributed by atoms with Gasteiger partial charge in [-0.25, -0.2) is 13.8 Å². The number of aromatic nitrogens is 2. The maximum atomic E-state index is 14.3. The Kier molecular flexibility index (Phi) is 6.66. The predicted octanol–water partition coefficient (Wildman–Crippen LogP) is 4.47. The number of nitrogens with two attached hydrogens (primary N) is 1. The molecular formula is C21H18F5N5O2S. The second-order valence-corrected chi connectivity index (χ2v) is 8.23. The smallest absolute Gasteiger partial charge is 0.418 e. The van der Waals surface area contributed by atoms with Gasteiger partial charge in [0.25, 0.3) is 5.91 Å². The zero-order valence-corrected chi connectivity index (χ0v) is 18.2. The molecule has 1 aliphatic rings. The Hall–Kier alpha value is -3.32. The van der Waals surface area contributed by atoms with Crippen LogP contribution in [0.5, 0.6) is 5.06 Å². The lowest BCUT2D eigenvalue weighted by atomic mass is 10.0. The normalized spacial score (nSPS) is 14.7. The molecule has 0 bridgehead atoms. The number of amides is 1. The van der Waals surface area contributed by atoms with Gasteiger partial charge in [-0.3, -0.25) is 4.79 Å². The SMILES string of the molecule is Nc1cc(C(F)(F)F)c(-c2c(F)cccc2F)nc1C(=O)Nc1cnsc1OC1CCNCC1. The highest BCUT2D eigenvalue weighted by atomic mass is 32.1. The van der Waals surface area contributed by atoms with Crippen LogP contribution >= 0.6 is 11.5 Å². The molecule has 7 nitrogen and oxygen atoms in total. The Balaban J connectivity index is 1.69. The fourth-order valence-electron chi connectivity index (χ4n) is 3.48. The number of nitrogen functional groups attached to an aromatic ring is 1. The zero-order valence-electron chi connectivity index (χ0n) is 17.4. The van der Waals surface area contributed by atoms with Crippen molar-refractivity contribution in [1.29, 1.82) is 0 Å². The molecule has 4 N–H and O–H groups in total. The van der Waals surface area contributed by atoms with Crippen molar-refractivity contribution >= 4 is 28.8 Å². The van der Waals surface area contributed by atoms with Gasteiger partial charge in [-0.1, -0.05) is 6.07 Å². The van der Waals surface area contributed by atoms with E-state index in [-0.39, 0.29) is 11.8 Å². The molecule has 0 saturated carbocycles. The summed E-state index contributed by atoms with van der Waals surface area (Å²) >= 11 is 0.987. The maximum Gasteiger partial charge on any atom is 0.418 e. The van der Waals surface area contributed by atoms with Crippen molar-refractivity contribution in [1.82, 2.24) is 14.7 Å². The van der Waals surface area contributed by atoms with Gasteiger partial charge in [-0.2, -0.15) is 17.5 Å². The van der Waals surface area contributed by atoms with Crippen molar-refractivity contribution in [2.75, 3.05) is 24.1 Å². The number of rotatable bonds is 5. The minimum atomic E-state index is -5.03. The van der Waals surface area contributed by atoms with Crippen LogP contribution in [-0.4, -0.2) is 34.5 Å². The molecule has 1 fully saturated rings. The number of halogens is 5. The third-order valence-electron chi connectivity index (χ3n) is 5.12. The Morgan fingerprint density at radius 1 is 1.21 bits per heavy atom. The Morgan fingerprint density at radius 2 is 1.88 bits per heavy atom. The van der Waals surface area contributed by atoms with E-state index in [1.165, 1.54) is 6.20 Å². The van der Waals surface area contributed by atoms with Crippen LogP contribution in [0.25, 0.3) is 11.3 Å². The van der Waals surface area contributed by atoms with E-state index in [1.807, 2.05) is 0 Å². The van der Waals surface area contributed by atoms with Crippen LogP contribution in [0.1, 0.15) is 28.9 Å². The lowest BCUT2D eigenvalue weighted by Gasteiger charge is -2.23. The molecule has 3 aromatic rings. The summed E-state index contributed by atoms with van der Waals surface area (Å²) in [6.45, 7) is 1.54. The number of carbonyl (C=O) groups excluding carboxylic acids is 1. The van der Waals surface area contributed by atoms with Crippen LogP contribution < -0.4 is 21.1 Å². The molecule has 0 unspecified atom stereocenters. The van der Waals surface area contributed by atoms with Gasteiger partial charge >= 0.3 is 6.18 Å². The summed E-state index contributed by atoms with van der Waals surface area (Å²) < 4.78 is 79.4. The van der Waals surface area contributed by atoms with Gasteiger partial charge in [-0.15, -0.1) is 0 Å². The molecule has 0 atom stereocenters. The number of hydrogen-bond acceptors (Lipinski definition) is 7. The number of nitrogens with zero attached hydrogens (tertiary/aromatic N) is 2. The molecule has 0 radical (unpaired) electrons. The Labute approximate surface area is 194 Å². The van der Waals surface area contributed by atoms with Crippen LogP contribution in [0, 0.1) is 11.6 Å². The minimum Gasteiger partial charge on any atom is -0.478 e. The summed E-state index contributed by atoms with van der Waals surface area (Å²) in [5.74, 6) is -3.53. The number of alkyl halides is 3. The Morgan fingerprint density at radius 3 is 2.53 bits per heavy atom. The van der Waals surface area contributed by atoms with E-state index >= 15 is 0 Å². The first-order valence-electron chi connectivity index (χ1n) is 10.1. The highest BCUT2D eigenvalue weighted by Gasteiger charge is 2.37. The molecule has 4 rings (SSSR count). The zero-order chi connectivity index (χ0) is 24.5. The number of benzene rings is 1. The van der Waals surface area contributed by atoms with E-state index in [1.54, 1.807) is 0 Å². The molecule has 1 aliphatic heterocycles. The topological polar surface area (TPSA) is 102 Å². The molecule has 2 aromatic heterocycles. The average molecular weight is 499 g/mol. The summed E-state index contributed by atoms with van der Waals surface area (Å²) in [7, 11) is 0. The van der Waals surface area contributed by atoms with Crippen LogP contribution in [0.15, 0.2) is 30.5 Å². The lowest BCUT2D eigenvalue weighted by Crippen LogP contribution is -2.34. The average Bonchev–Trinajstić information content (AvgIpc) is 3.20. The van der Waals surface area contributed by atoms with Gasteiger partial charge in [-0.05, 0) is 44.1 Å². The highest BCUT2D eigenvalue weighted by Crippen LogP contribution is 2.40. The molecule has 13 heteroatoms. The molecule has 1 amide bonds. The van der Waals surface area contributed by atoms with E-state index in [0.29, 0.717) is 11.1 Å². The highest BCUT2D eigenvalue weighted by molar-refractivity contribution is 7.08. The summed E-state index contributed by atoms with van der Waals surface area (Å²) in [6, 6.07) is 3.01. The van der Waals surface area contributed by atoms with E-state index < -0.39 is 51.9 Å². The molecular weight excluding hydrogens is 481 g/mol. The summed E-state index contributed by atoms with van der Waals surface area (Å²) in [5.41, 5.74) is 1.04. The fraction of sp³-hybridized carbons (Fsp3) is 0.286. The third-order valence-corrected chi connectivity index (χ3v) is 5.81. The number of pyridine rings is 1. The molecule has 1 aromatic carbocycles. The summed E-state index contributed by atoms with van der Waals surface area (Å²) in [6.07, 6.45) is -2.32. The van der Waals surface area contributed by atoms with Gasteiger partial charge in [0.05, 0.1) is 28.7 Å². The maximum absolute atomic E-state index is 14.3. The summed E-state index contributed by atoms with van der Waals surface area (Å²) in [5, 5.41) is 5.96. The van der Waals surface area contributed by atoms with Gasteiger partial charge in [0, 0.05) is 11.5 Å². The van der Waals surface area contributed by atoms with Crippen molar-refractivity contribution in [2.45, 2.75) is 25.1 Å². The molecule has 1 saturated heterocycles. The first-order chi connectivity index (χ1) is 16.1. The van der Waals surface area contributed by atoms with Crippen LogP contribution in [0.3, 0.4) is 0 Å². The van der Waals surface area contributed by atoms with Crippen molar-refractivity contribution in [2.24, 2.45) is 0 Å². The third kappa shape index (κ3) is 4.94. The van der Waals surface area contributed by atoms with Crippen molar-refractivity contribution < 1.29 is 31.5 Å². The van der Waals surface area contributed by atoms with Crippen LogP contribution in [0.4, 0.5) is 33.3 Å². The standard InChI is InChI=1S/C21H18F5N5O2S/c22-12-2-1-3-13(23)16(12)17-11(21(24,25)26)8-14(27)18(31-17)19(32)30-15-9-29-34-20(15)33-10-4-6-28-7-5-10/h1-3,8-10,28H,4-7,27H2,(H,30,32). The van der Waals surface area contributed by atoms with Crippen molar-refractivity contribution in [3.8, 4) is 16.3 Å². The quantitative estimate of drug-likeness (QED) is 0.448. The van der Waals surface area contributed by atoms with E-state index in [4.69, 9.17) is 10.5 Å². The fourth-order valence-corrected chi connectivity index (χ4v) is 4.12. The van der Waals surface area contributed by atoms with Gasteiger partial charge in [0.15, 0.2) is 5.69 Å². The number of nitrogens with one attached hydrogen (secondary N) is 2. The molecule has 0 spiro atoms. The molecule has 0 aliphatic carbocycles. The number of ether oxygens (including phenoxy) is 1. The van der Waals surface area contributed by atoms with E-state index in [2.05, 4.69) is 20.0 Å². The minimum absolute atomic E-state index is 0.0951. The van der Waals surface area contributed by atoms with Crippen LogP contribution in [0.2, 0.25) is 0 Å². The Bertz CT molecular complexity index is 1190. The van der Waals surface area contributed by atoms with E-state index in [0.717, 1.165) is 55.7 Å². The van der Waals surface area contributed by atoms with Gasteiger partial charge in [0.2, 0.25) is 5.06 Å². The number of anilines is 2. The van der Waals surface area contributed by atoms with Crippen LogP contribution in [-0.2, 0) is 6.18 Å². The van der Waals surface area contributed by atoms with Gasteiger partial charge in [0.1, 0.15) is 23.4 Å². The van der Waals surface area contributed by atoms with Crippen molar-refractivity contribution in [3.63, 3.8) is 0 Å². The van der Waals surface area contributed by atoms with Crippen molar-refractivity contribution in [3.05, 3.63) is 53.4 Å². The first-order valence-corrected chi connectivity index (χ1v) is 10.9.